The van der Waals surface area contributed by atoms with Crippen LogP contribution in [0.25, 0.3) is 11.3 Å². The van der Waals surface area contributed by atoms with E-state index in [2.05, 4.69) is 20.9 Å². The number of amides is 3. The predicted octanol–water partition coefficient (Wildman–Crippen LogP) is 4.12. The second-order valence-corrected chi connectivity index (χ2v) is 6.99. The summed E-state index contributed by atoms with van der Waals surface area (Å²) in [5.41, 5.74) is 1.68. The van der Waals surface area contributed by atoms with Crippen LogP contribution in [0.2, 0.25) is 0 Å². The molecule has 7 nitrogen and oxygen atoms in total. The molecule has 3 amide bonds. The first-order chi connectivity index (χ1) is 13.8. The third kappa shape index (κ3) is 5.23. The smallest absolute Gasteiger partial charge is 0.257 e. The van der Waals surface area contributed by atoms with E-state index in [0.717, 1.165) is 11.3 Å². The van der Waals surface area contributed by atoms with Gasteiger partial charge in [0.05, 0.1) is 5.69 Å². The monoisotopic (exact) mass is 412 g/mol. The lowest BCUT2D eigenvalue weighted by molar-refractivity contribution is -0.115. The SMILES string of the molecule is CC(=O)Nc1cc(NC(C)=O)cc(C(=O)Nc2nc(-c3ccccc3F)cs2)c1. The van der Waals surface area contributed by atoms with Crippen molar-refractivity contribution in [2.45, 2.75) is 13.8 Å². The lowest BCUT2D eigenvalue weighted by atomic mass is 10.1. The maximum Gasteiger partial charge on any atom is 0.257 e. The van der Waals surface area contributed by atoms with Gasteiger partial charge in [0.2, 0.25) is 11.8 Å². The highest BCUT2D eigenvalue weighted by Crippen LogP contribution is 2.27. The van der Waals surface area contributed by atoms with Gasteiger partial charge in [-0.1, -0.05) is 12.1 Å². The third-order valence-corrected chi connectivity index (χ3v) is 4.47. The molecule has 0 aliphatic rings. The van der Waals surface area contributed by atoms with Crippen LogP contribution in [-0.4, -0.2) is 22.7 Å². The first-order valence-electron chi connectivity index (χ1n) is 8.54. The van der Waals surface area contributed by atoms with Crippen LogP contribution in [-0.2, 0) is 9.59 Å². The summed E-state index contributed by atoms with van der Waals surface area (Å²) >= 11 is 1.16. The highest BCUT2D eigenvalue weighted by Gasteiger charge is 2.14. The van der Waals surface area contributed by atoms with Crippen molar-refractivity contribution in [3.8, 4) is 11.3 Å². The maximum atomic E-state index is 13.9. The first kappa shape index (κ1) is 20.2. The van der Waals surface area contributed by atoms with Gasteiger partial charge in [-0.3, -0.25) is 19.7 Å². The minimum atomic E-state index is -0.488. The standard InChI is InChI=1S/C20H17FN4O3S/c1-11(26)22-14-7-13(8-15(9-14)23-12(2)27)19(28)25-20-24-18(10-29-20)16-5-3-4-6-17(16)21/h3-10H,1-2H3,(H,22,26)(H,23,27)(H,24,25,28). The van der Waals surface area contributed by atoms with Gasteiger partial charge >= 0.3 is 0 Å². The Kier molecular flexibility index (Phi) is 5.99. The lowest BCUT2D eigenvalue weighted by Gasteiger charge is -2.10. The van der Waals surface area contributed by atoms with Gasteiger partial charge in [-0.15, -0.1) is 11.3 Å². The van der Waals surface area contributed by atoms with Crippen LogP contribution in [0, 0.1) is 5.82 Å². The van der Waals surface area contributed by atoms with E-state index in [-0.39, 0.29) is 17.4 Å². The average Bonchev–Trinajstić information content (AvgIpc) is 3.09. The Bertz CT molecular complexity index is 1060. The molecule has 0 aliphatic heterocycles. The van der Waals surface area contributed by atoms with Crippen LogP contribution >= 0.6 is 11.3 Å². The lowest BCUT2D eigenvalue weighted by Crippen LogP contribution is -2.15. The van der Waals surface area contributed by atoms with Gasteiger partial charge in [0.25, 0.3) is 5.91 Å². The number of hydrogen-bond acceptors (Lipinski definition) is 5. The van der Waals surface area contributed by atoms with Gasteiger partial charge in [-0.25, -0.2) is 9.37 Å². The summed E-state index contributed by atoms with van der Waals surface area (Å²) in [7, 11) is 0. The number of hydrogen-bond donors (Lipinski definition) is 3. The van der Waals surface area contributed by atoms with Crippen molar-refractivity contribution in [2.75, 3.05) is 16.0 Å². The summed E-state index contributed by atoms with van der Waals surface area (Å²) < 4.78 is 13.9. The number of nitrogens with zero attached hydrogens (tertiary/aromatic N) is 1. The Hall–Kier alpha value is -3.59. The molecular formula is C20H17FN4O3S. The van der Waals surface area contributed by atoms with Crippen molar-refractivity contribution in [3.05, 3.63) is 59.2 Å². The summed E-state index contributed by atoms with van der Waals surface area (Å²) in [5, 5.41) is 9.75. The van der Waals surface area contributed by atoms with Crippen molar-refractivity contribution < 1.29 is 18.8 Å². The molecule has 148 valence electrons. The van der Waals surface area contributed by atoms with Gasteiger partial charge in [-0.2, -0.15) is 0 Å². The molecule has 0 atom stereocenters. The maximum absolute atomic E-state index is 13.9. The Balaban J connectivity index is 1.84. The molecule has 0 radical (unpaired) electrons. The second-order valence-electron chi connectivity index (χ2n) is 6.13. The van der Waals surface area contributed by atoms with Crippen LogP contribution in [0.4, 0.5) is 20.9 Å². The minimum Gasteiger partial charge on any atom is -0.326 e. The number of thiazole rings is 1. The molecule has 9 heteroatoms. The van der Waals surface area contributed by atoms with Crippen LogP contribution in [0.15, 0.2) is 47.8 Å². The fraction of sp³-hybridized carbons (Fsp3) is 0.100. The molecule has 3 rings (SSSR count). The van der Waals surface area contributed by atoms with Gasteiger partial charge < -0.3 is 10.6 Å². The molecule has 2 aromatic carbocycles. The largest absolute Gasteiger partial charge is 0.326 e. The molecule has 3 aromatic rings. The summed E-state index contributed by atoms with van der Waals surface area (Å²) in [5.74, 6) is -1.52. The van der Waals surface area contributed by atoms with E-state index in [1.807, 2.05) is 0 Å². The number of nitrogens with one attached hydrogen (secondary N) is 3. The van der Waals surface area contributed by atoms with E-state index < -0.39 is 11.7 Å². The van der Waals surface area contributed by atoms with Gasteiger partial charge in [0.1, 0.15) is 5.82 Å². The van der Waals surface area contributed by atoms with Crippen LogP contribution in [0.1, 0.15) is 24.2 Å². The number of carbonyl (C=O) groups is 3. The Morgan fingerprint density at radius 3 is 2.14 bits per heavy atom. The molecule has 3 N–H and O–H groups in total. The number of carbonyl (C=O) groups excluding carboxylic acids is 3. The molecule has 0 fully saturated rings. The quantitative estimate of drug-likeness (QED) is 0.587. The summed E-state index contributed by atoms with van der Waals surface area (Å²) in [6.07, 6.45) is 0. The summed E-state index contributed by atoms with van der Waals surface area (Å²) in [6.45, 7) is 2.68. The van der Waals surface area contributed by atoms with Crippen LogP contribution < -0.4 is 16.0 Å². The summed E-state index contributed by atoms with van der Waals surface area (Å²) in [6, 6.07) is 10.7. The number of anilines is 3. The zero-order valence-electron chi connectivity index (χ0n) is 15.6. The molecule has 0 saturated heterocycles. The zero-order chi connectivity index (χ0) is 21.0. The fourth-order valence-electron chi connectivity index (χ4n) is 2.60. The van der Waals surface area contributed by atoms with Crippen LogP contribution in [0.3, 0.4) is 0 Å². The van der Waals surface area contributed by atoms with Crippen molar-refractivity contribution in [2.24, 2.45) is 0 Å². The number of benzene rings is 2. The Labute approximate surface area is 170 Å². The molecule has 0 saturated carbocycles. The highest BCUT2D eigenvalue weighted by molar-refractivity contribution is 7.14. The molecule has 0 spiro atoms. The van der Waals surface area contributed by atoms with E-state index in [0.29, 0.717) is 27.8 Å². The average molecular weight is 412 g/mol. The predicted molar refractivity (Wildman–Crippen MR) is 111 cm³/mol. The second kappa shape index (κ2) is 8.61. The van der Waals surface area contributed by atoms with E-state index >= 15 is 0 Å². The van der Waals surface area contributed by atoms with Gasteiger partial charge in [0.15, 0.2) is 5.13 Å². The fourth-order valence-corrected chi connectivity index (χ4v) is 3.31. The Morgan fingerprint density at radius 1 is 0.931 bits per heavy atom. The molecule has 1 aromatic heterocycles. The third-order valence-electron chi connectivity index (χ3n) is 3.71. The van der Waals surface area contributed by atoms with Crippen molar-refractivity contribution in [1.29, 1.82) is 0 Å². The Morgan fingerprint density at radius 2 is 1.55 bits per heavy atom. The minimum absolute atomic E-state index is 0.211. The number of halogens is 1. The van der Waals surface area contributed by atoms with Gasteiger partial charge in [-0.05, 0) is 30.3 Å². The van der Waals surface area contributed by atoms with Crippen molar-refractivity contribution in [3.63, 3.8) is 0 Å². The normalized spacial score (nSPS) is 10.3. The first-order valence-corrected chi connectivity index (χ1v) is 9.42. The molecule has 29 heavy (non-hydrogen) atoms. The summed E-state index contributed by atoms with van der Waals surface area (Å²) in [4.78, 5) is 39.6. The zero-order valence-corrected chi connectivity index (χ0v) is 16.4. The van der Waals surface area contributed by atoms with Crippen LogP contribution in [0.5, 0.6) is 0 Å². The number of aromatic nitrogens is 1. The van der Waals surface area contributed by atoms with E-state index in [4.69, 9.17) is 0 Å². The molecular weight excluding hydrogens is 395 g/mol. The molecule has 1 heterocycles. The van der Waals surface area contributed by atoms with E-state index in [9.17, 15) is 18.8 Å². The van der Waals surface area contributed by atoms with Crippen molar-refractivity contribution in [1.82, 2.24) is 4.98 Å². The number of rotatable bonds is 5. The molecule has 0 aliphatic carbocycles. The van der Waals surface area contributed by atoms with Crippen molar-refractivity contribution >= 4 is 45.6 Å². The van der Waals surface area contributed by atoms with E-state index in [1.54, 1.807) is 29.6 Å². The highest BCUT2D eigenvalue weighted by atomic mass is 32.1. The van der Waals surface area contributed by atoms with Gasteiger partial charge in [0, 0.05) is 41.7 Å². The topological polar surface area (TPSA) is 100 Å². The van der Waals surface area contributed by atoms with E-state index in [1.165, 1.54) is 32.0 Å². The molecule has 0 bridgehead atoms. The molecule has 0 unspecified atom stereocenters.